The van der Waals surface area contributed by atoms with Gasteiger partial charge in [-0.2, -0.15) is 0 Å². The van der Waals surface area contributed by atoms with E-state index in [9.17, 15) is 4.79 Å². The molecule has 5 rings (SSSR count). The Kier molecular flexibility index (Phi) is 5.28. The van der Waals surface area contributed by atoms with E-state index in [0.717, 1.165) is 16.3 Å². The van der Waals surface area contributed by atoms with Crippen molar-refractivity contribution in [2.45, 2.75) is 6.61 Å². The zero-order chi connectivity index (χ0) is 21.8. The Hall–Kier alpha value is -4.52. The number of carbonyl (C=O) groups excluding carboxylic acids is 1. The summed E-state index contributed by atoms with van der Waals surface area (Å²) in [6.45, 7) is 0.144. The SMILES string of the molecule is O=C(Nc1ccc(OCc2nnc(-c3ccccc3)o2)cc1)c1nccc2ccccc12. The van der Waals surface area contributed by atoms with Crippen LogP contribution in [0.25, 0.3) is 22.2 Å². The molecule has 1 N–H and O–H groups in total. The van der Waals surface area contributed by atoms with Crippen molar-refractivity contribution in [3.63, 3.8) is 0 Å². The van der Waals surface area contributed by atoms with E-state index >= 15 is 0 Å². The zero-order valence-corrected chi connectivity index (χ0v) is 16.9. The van der Waals surface area contributed by atoms with Crippen molar-refractivity contribution in [3.05, 3.63) is 103 Å². The van der Waals surface area contributed by atoms with Gasteiger partial charge in [0.1, 0.15) is 11.4 Å². The van der Waals surface area contributed by atoms with Gasteiger partial charge in [-0.25, -0.2) is 0 Å². The average Bonchev–Trinajstić information content (AvgIpc) is 3.33. The summed E-state index contributed by atoms with van der Waals surface area (Å²) in [7, 11) is 0. The molecule has 2 heterocycles. The van der Waals surface area contributed by atoms with Gasteiger partial charge >= 0.3 is 0 Å². The largest absolute Gasteiger partial charge is 0.484 e. The third kappa shape index (κ3) is 4.17. The minimum Gasteiger partial charge on any atom is -0.484 e. The summed E-state index contributed by atoms with van der Waals surface area (Å²) in [4.78, 5) is 17.0. The molecule has 0 bridgehead atoms. The number of anilines is 1. The predicted molar refractivity (Wildman–Crippen MR) is 120 cm³/mol. The highest BCUT2D eigenvalue weighted by Gasteiger charge is 2.12. The minimum absolute atomic E-state index is 0.144. The van der Waals surface area contributed by atoms with Gasteiger partial charge in [0.2, 0.25) is 5.89 Å². The van der Waals surface area contributed by atoms with E-state index in [1.165, 1.54) is 0 Å². The number of amides is 1. The summed E-state index contributed by atoms with van der Waals surface area (Å²) in [6, 6.07) is 26.1. The van der Waals surface area contributed by atoms with Crippen molar-refractivity contribution in [1.29, 1.82) is 0 Å². The Balaban J connectivity index is 1.22. The minimum atomic E-state index is -0.269. The smallest absolute Gasteiger partial charge is 0.274 e. The van der Waals surface area contributed by atoms with Gasteiger partial charge in [-0.3, -0.25) is 9.78 Å². The lowest BCUT2D eigenvalue weighted by Gasteiger charge is -2.08. The van der Waals surface area contributed by atoms with Crippen molar-refractivity contribution >= 4 is 22.4 Å². The fourth-order valence-corrected chi connectivity index (χ4v) is 3.28. The van der Waals surface area contributed by atoms with E-state index in [4.69, 9.17) is 9.15 Å². The Bertz CT molecular complexity index is 1360. The van der Waals surface area contributed by atoms with Crippen molar-refractivity contribution in [2.24, 2.45) is 0 Å². The molecule has 3 aromatic carbocycles. The summed E-state index contributed by atoms with van der Waals surface area (Å²) in [5.41, 5.74) is 1.88. The number of fused-ring (bicyclic) bond motifs is 1. The summed E-state index contributed by atoms with van der Waals surface area (Å²) in [5, 5.41) is 12.7. The van der Waals surface area contributed by atoms with Crippen LogP contribution in [0.3, 0.4) is 0 Å². The highest BCUT2D eigenvalue weighted by atomic mass is 16.5. The van der Waals surface area contributed by atoms with Gasteiger partial charge in [0.25, 0.3) is 11.8 Å². The number of ether oxygens (including phenoxy) is 1. The summed E-state index contributed by atoms with van der Waals surface area (Å²) >= 11 is 0. The third-order valence-corrected chi connectivity index (χ3v) is 4.85. The van der Waals surface area contributed by atoms with Gasteiger partial charge < -0.3 is 14.5 Å². The molecule has 32 heavy (non-hydrogen) atoms. The molecule has 0 saturated heterocycles. The topological polar surface area (TPSA) is 90.1 Å². The molecule has 0 radical (unpaired) electrons. The molecule has 0 spiro atoms. The Morgan fingerprint density at radius 3 is 2.50 bits per heavy atom. The maximum atomic E-state index is 12.7. The van der Waals surface area contributed by atoms with Crippen LogP contribution < -0.4 is 10.1 Å². The monoisotopic (exact) mass is 422 g/mol. The quantitative estimate of drug-likeness (QED) is 0.409. The van der Waals surface area contributed by atoms with E-state index < -0.39 is 0 Å². The lowest BCUT2D eigenvalue weighted by molar-refractivity contribution is 0.102. The van der Waals surface area contributed by atoms with Gasteiger partial charge in [0, 0.05) is 22.8 Å². The zero-order valence-electron chi connectivity index (χ0n) is 16.9. The molecule has 7 heteroatoms. The van der Waals surface area contributed by atoms with E-state index in [1.807, 2.05) is 60.7 Å². The highest BCUT2D eigenvalue weighted by Crippen LogP contribution is 2.21. The molecule has 7 nitrogen and oxygen atoms in total. The van der Waals surface area contributed by atoms with E-state index in [1.54, 1.807) is 30.5 Å². The molecule has 156 valence electrons. The molecule has 0 fully saturated rings. The Morgan fingerprint density at radius 1 is 0.875 bits per heavy atom. The summed E-state index contributed by atoms with van der Waals surface area (Å²) < 4.78 is 11.4. The predicted octanol–water partition coefficient (Wildman–Crippen LogP) is 5.12. The normalized spacial score (nSPS) is 10.8. The van der Waals surface area contributed by atoms with Gasteiger partial charge in [0.05, 0.1) is 0 Å². The van der Waals surface area contributed by atoms with Crippen LogP contribution >= 0.6 is 0 Å². The molecule has 0 aliphatic rings. The van der Waals surface area contributed by atoms with Crippen LogP contribution in [0.15, 0.2) is 95.5 Å². The van der Waals surface area contributed by atoms with E-state index in [0.29, 0.717) is 28.9 Å². The van der Waals surface area contributed by atoms with Crippen molar-refractivity contribution < 1.29 is 13.9 Å². The van der Waals surface area contributed by atoms with Crippen LogP contribution in [0.5, 0.6) is 5.75 Å². The van der Waals surface area contributed by atoms with Gasteiger partial charge in [-0.05, 0) is 47.9 Å². The van der Waals surface area contributed by atoms with Crippen LogP contribution in [0.1, 0.15) is 16.4 Å². The molecule has 0 atom stereocenters. The van der Waals surface area contributed by atoms with E-state index in [-0.39, 0.29) is 12.5 Å². The standard InChI is InChI=1S/C25H18N4O3/c30-24(23-21-9-5-4-6-17(21)14-15-26-23)27-19-10-12-20(13-11-19)31-16-22-28-29-25(32-22)18-7-2-1-3-8-18/h1-15H,16H2,(H,27,30). The molecular formula is C25H18N4O3. The summed E-state index contributed by atoms with van der Waals surface area (Å²) in [6.07, 6.45) is 1.63. The fraction of sp³-hybridized carbons (Fsp3) is 0.0400. The van der Waals surface area contributed by atoms with Gasteiger partial charge in [0.15, 0.2) is 6.61 Å². The number of nitrogens with zero attached hydrogens (tertiary/aromatic N) is 3. The molecule has 1 amide bonds. The second-order valence-electron chi connectivity index (χ2n) is 7.01. The average molecular weight is 422 g/mol. The van der Waals surface area contributed by atoms with Crippen molar-refractivity contribution in [3.8, 4) is 17.2 Å². The van der Waals surface area contributed by atoms with Crippen LogP contribution in [-0.4, -0.2) is 21.1 Å². The number of nitrogens with one attached hydrogen (secondary N) is 1. The van der Waals surface area contributed by atoms with Crippen LogP contribution in [-0.2, 0) is 6.61 Å². The van der Waals surface area contributed by atoms with Crippen molar-refractivity contribution in [1.82, 2.24) is 15.2 Å². The molecule has 0 aliphatic heterocycles. The molecular weight excluding hydrogens is 404 g/mol. The first-order chi connectivity index (χ1) is 15.8. The maximum Gasteiger partial charge on any atom is 0.274 e. The van der Waals surface area contributed by atoms with E-state index in [2.05, 4.69) is 20.5 Å². The first kappa shape index (κ1) is 19.4. The molecule has 0 aliphatic carbocycles. The third-order valence-electron chi connectivity index (χ3n) is 4.85. The lowest BCUT2D eigenvalue weighted by Crippen LogP contribution is -2.14. The Morgan fingerprint density at radius 2 is 1.66 bits per heavy atom. The van der Waals surface area contributed by atoms with Gasteiger partial charge in [-0.15, -0.1) is 10.2 Å². The Labute approximate surface area is 183 Å². The number of hydrogen-bond donors (Lipinski definition) is 1. The van der Waals surface area contributed by atoms with Gasteiger partial charge in [-0.1, -0.05) is 42.5 Å². The summed E-state index contributed by atoms with van der Waals surface area (Å²) in [5.74, 6) is 1.17. The lowest BCUT2D eigenvalue weighted by atomic mass is 10.1. The maximum absolute atomic E-state index is 12.7. The number of rotatable bonds is 6. The van der Waals surface area contributed by atoms with Crippen LogP contribution in [0.2, 0.25) is 0 Å². The second kappa shape index (κ2) is 8.69. The molecule has 0 saturated carbocycles. The molecule has 5 aromatic rings. The second-order valence-corrected chi connectivity index (χ2v) is 7.01. The van der Waals surface area contributed by atoms with Crippen molar-refractivity contribution in [2.75, 3.05) is 5.32 Å². The van der Waals surface area contributed by atoms with Crippen LogP contribution in [0, 0.1) is 0 Å². The fourth-order valence-electron chi connectivity index (χ4n) is 3.28. The first-order valence-electron chi connectivity index (χ1n) is 10.0. The number of pyridine rings is 1. The van der Waals surface area contributed by atoms with Crippen LogP contribution in [0.4, 0.5) is 5.69 Å². The molecule has 0 unspecified atom stereocenters. The molecule has 2 aromatic heterocycles. The highest BCUT2D eigenvalue weighted by molar-refractivity contribution is 6.11. The first-order valence-corrected chi connectivity index (χ1v) is 10.0. The number of hydrogen-bond acceptors (Lipinski definition) is 6. The number of carbonyl (C=O) groups is 1. The number of benzene rings is 3. The number of aromatic nitrogens is 3.